The molecule has 6 heteroatoms. The van der Waals surface area contributed by atoms with Crippen molar-refractivity contribution in [1.82, 2.24) is 5.32 Å². The molecule has 0 aliphatic carbocycles. The summed E-state index contributed by atoms with van der Waals surface area (Å²) in [5.74, 6) is 0.0340. The van der Waals surface area contributed by atoms with Gasteiger partial charge in [-0.1, -0.05) is 13.8 Å². The normalized spacial score (nSPS) is 18.4. The summed E-state index contributed by atoms with van der Waals surface area (Å²) >= 11 is 0. The number of nitrogens with one attached hydrogen (secondary N) is 1. The molecule has 120 valence electrons. The van der Waals surface area contributed by atoms with Crippen molar-refractivity contribution in [3.63, 3.8) is 0 Å². The molecular formula is C16H22N2O4. The Balaban J connectivity index is 2.26. The van der Waals surface area contributed by atoms with Gasteiger partial charge in [-0.3, -0.25) is 14.5 Å². The Bertz CT molecular complexity index is 573. The van der Waals surface area contributed by atoms with E-state index in [1.54, 1.807) is 6.07 Å². The second kappa shape index (κ2) is 6.68. The molecule has 22 heavy (non-hydrogen) atoms. The van der Waals surface area contributed by atoms with E-state index in [-0.39, 0.29) is 30.2 Å². The van der Waals surface area contributed by atoms with Gasteiger partial charge in [0, 0.05) is 12.1 Å². The number of fused-ring (bicyclic) bond motifs is 1. The molecule has 1 aliphatic rings. The summed E-state index contributed by atoms with van der Waals surface area (Å²) in [6, 6.07) is 4.60. The molecule has 2 N–H and O–H groups in total. The Morgan fingerprint density at radius 2 is 2.18 bits per heavy atom. The summed E-state index contributed by atoms with van der Waals surface area (Å²) in [5, 5.41) is 12.5. The number of nitrogens with zero attached hydrogens (tertiary/aromatic N) is 1. The molecule has 2 rings (SSSR count). The maximum Gasteiger partial charge on any atom is 0.268 e. The molecule has 1 aromatic rings. The van der Waals surface area contributed by atoms with E-state index in [1.165, 1.54) is 17.0 Å². The SMILES string of the molecule is CCC(C)NC(=O)CN1C(=O)C(CC)Oc2ccc(O)cc21. The fraction of sp³-hybridized carbons (Fsp3) is 0.500. The van der Waals surface area contributed by atoms with Crippen LogP contribution in [0.2, 0.25) is 0 Å². The summed E-state index contributed by atoms with van der Waals surface area (Å²) in [7, 11) is 0. The van der Waals surface area contributed by atoms with Gasteiger partial charge in [0.05, 0.1) is 5.69 Å². The number of hydrogen-bond donors (Lipinski definition) is 2. The third kappa shape index (κ3) is 3.32. The van der Waals surface area contributed by atoms with Crippen LogP contribution in [0.25, 0.3) is 0 Å². The number of hydrogen-bond acceptors (Lipinski definition) is 4. The molecule has 1 aromatic carbocycles. The van der Waals surface area contributed by atoms with E-state index in [9.17, 15) is 14.7 Å². The second-order valence-corrected chi connectivity index (χ2v) is 5.47. The predicted octanol–water partition coefficient (Wildman–Crippen LogP) is 1.81. The van der Waals surface area contributed by atoms with Crippen LogP contribution in [-0.2, 0) is 9.59 Å². The van der Waals surface area contributed by atoms with Crippen LogP contribution in [0.4, 0.5) is 5.69 Å². The van der Waals surface area contributed by atoms with Gasteiger partial charge in [0.2, 0.25) is 5.91 Å². The third-order valence-electron chi connectivity index (χ3n) is 3.74. The lowest BCUT2D eigenvalue weighted by molar-refractivity contribution is -0.129. The van der Waals surface area contributed by atoms with Gasteiger partial charge < -0.3 is 15.2 Å². The van der Waals surface area contributed by atoms with E-state index >= 15 is 0 Å². The van der Waals surface area contributed by atoms with Gasteiger partial charge in [-0.2, -0.15) is 0 Å². The van der Waals surface area contributed by atoms with Crippen molar-refractivity contribution >= 4 is 17.5 Å². The van der Waals surface area contributed by atoms with Crippen molar-refractivity contribution < 1.29 is 19.4 Å². The fourth-order valence-electron chi connectivity index (χ4n) is 2.30. The first-order chi connectivity index (χ1) is 10.5. The second-order valence-electron chi connectivity index (χ2n) is 5.47. The van der Waals surface area contributed by atoms with E-state index < -0.39 is 6.10 Å². The monoisotopic (exact) mass is 306 g/mol. The standard InChI is InChI=1S/C16H22N2O4/c1-4-10(3)17-15(20)9-18-12-8-11(19)6-7-14(12)22-13(5-2)16(18)21/h6-8,10,13,19H,4-5,9H2,1-3H3,(H,17,20). The average Bonchev–Trinajstić information content (AvgIpc) is 2.50. The number of phenolic OH excluding ortho intramolecular Hbond substituents is 1. The molecule has 0 fully saturated rings. The zero-order valence-electron chi connectivity index (χ0n) is 13.1. The molecule has 0 saturated carbocycles. The van der Waals surface area contributed by atoms with Gasteiger partial charge in [0.1, 0.15) is 18.0 Å². The number of amides is 2. The summed E-state index contributed by atoms with van der Waals surface area (Å²) in [6.07, 6.45) is 0.730. The number of benzene rings is 1. The molecule has 0 spiro atoms. The quantitative estimate of drug-likeness (QED) is 0.869. The first-order valence-electron chi connectivity index (χ1n) is 7.56. The highest BCUT2D eigenvalue weighted by Crippen LogP contribution is 2.37. The van der Waals surface area contributed by atoms with Crippen LogP contribution in [0.15, 0.2) is 18.2 Å². The van der Waals surface area contributed by atoms with Crippen molar-refractivity contribution in [2.24, 2.45) is 0 Å². The Kier molecular flexibility index (Phi) is 4.90. The van der Waals surface area contributed by atoms with Crippen LogP contribution < -0.4 is 15.0 Å². The predicted molar refractivity (Wildman–Crippen MR) is 83.1 cm³/mol. The molecule has 0 bridgehead atoms. The molecule has 6 nitrogen and oxygen atoms in total. The van der Waals surface area contributed by atoms with Gasteiger partial charge in [0.25, 0.3) is 5.91 Å². The number of aromatic hydroxyl groups is 1. The van der Waals surface area contributed by atoms with Crippen molar-refractivity contribution in [2.75, 3.05) is 11.4 Å². The van der Waals surface area contributed by atoms with Crippen LogP contribution >= 0.6 is 0 Å². The lowest BCUT2D eigenvalue weighted by atomic mass is 10.1. The van der Waals surface area contributed by atoms with Crippen LogP contribution in [0.5, 0.6) is 11.5 Å². The number of carbonyl (C=O) groups excluding carboxylic acids is 2. The summed E-state index contributed by atoms with van der Waals surface area (Å²) in [5.41, 5.74) is 0.425. The smallest absolute Gasteiger partial charge is 0.268 e. The number of phenols is 1. The summed E-state index contributed by atoms with van der Waals surface area (Å²) in [6.45, 7) is 5.66. The Labute approximate surface area is 130 Å². The lowest BCUT2D eigenvalue weighted by Crippen LogP contribution is -2.50. The van der Waals surface area contributed by atoms with E-state index in [4.69, 9.17) is 4.74 Å². The van der Waals surface area contributed by atoms with E-state index in [1.807, 2.05) is 20.8 Å². The molecule has 0 aromatic heterocycles. The van der Waals surface area contributed by atoms with Crippen molar-refractivity contribution in [1.29, 1.82) is 0 Å². The van der Waals surface area contributed by atoms with Crippen LogP contribution in [0, 0.1) is 0 Å². The number of anilines is 1. The highest BCUT2D eigenvalue weighted by atomic mass is 16.5. The van der Waals surface area contributed by atoms with Crippen LogP contribution in [-0.4, -0.2) is 35.6 Å². The molecule has 1 heterocycles. The number of rotatable bonds is 5. The van der Waals surface area contributed by atoms with Gasteiger partial charge in [-0.15, -0.1) is 0 Å². The van der Waals surface area contributed by atoms with Crippen LogP contribution in [0.3, 0.4) is 0 Å². The average molecular weight is 306 g/mol. The highest BCUT2D eigenvalue weighted by molar-refractivity contribution is 6.04. The molecule has 2 unspecified atom stereocenters. The first-order valence-corrected chi connectivity index (χ1v) is 7.56. The summed E-state index contributed by atoms with van der Waals surface area (Å²) < 4.78 is 5.63. The zero-order chi connectivity index (χ0) is 16.3. The topological polar surface area (TPSA) is 78.9 Å². The van der Waals surface area contributed by atoms with E-state index in [2.05, 4.69) is 5.32 Å². The molecule has 2 atom stereocenters. The largest absolute Gasteiger partial charge is 0.508 e. The molecule has 0 radical (unpaired) electrons. The number of ether oxygens (including phenoxy) is 1. The van der Waals surface area contributed by atoms with Crippen molar-refractivity contribution in [3.8, 4) is 11.5 Å². The zero-order valence-corrected chi connectivity index (χ0v) is 13.1. The third-order valence-corrected chi connectivity index (χ3v) is 3.74. The minimum absolute atomic E-state index is 0.0254. The maximum absolute atomic E-state index is 12.5. The van der Waals surface area contributed by atoms with Crippen molar-refractivity contribution in [3.05, 3.63) is 18.2 Å². The molecule has 1 aliphatic heterocycles. The van der Waals surface area contributed by atoms with Crippen molar-refractivity contribution in [2.45, 2.75) is 45.8 Å². The Hall–Kier alpha value is -2.24. The molecular weight excluding hydrogens is 284 g/mol. The Morgan fingerprint density at radius 3 is 2.82 bits per heavy atom. The number of carbonyl (C=O) groups is 2. The molecule has 0 saturated heterocycles. The maximum atomic E-state index is 12.5. The van der Waals surface area contributed by atoms with E-state index in [0.717, 1.165) is 6.42 Å². The fourth-order valence-corrected chi connectivity index (χ4v) is 2.30. The molecule has 2 amide bonds. The Morgan fingerprint density at radius 1 is 1.45 bits per heavy atom. The van der Waals surface area contributed by atoms with Gasteiger partial charge in [0.15, 0.2) is 6.10 Å². The minimum Gasteiger partial charge on any atom is -0.508 e. The van der Waals surface area contributed by atoms with Gasteiger partial charge in [-0.25, -0.2) is 0 Å². The first kappa shape index (κ1) is 16.1. The summed E-state index contributed by atoms with van der Waals surface area (Å²) in [4.78, 5) is 25.9. The van der Waals surface area contributed by atoms with Crippen LogP contribution in [0.1, 0.15) is 33.6 Å². The van der Waals surface area contributed by atoms with Gasteiger partial charge >= 0.3 is 0 Å². The van der Waals surface area contributed by atoms with E-state index in [0.29, 0.717) is 17.9 Å². The highest BCUT2D eigenvalue weighted by Gasteiger charge is 2.34. The van der Waals surface area contributed by atoms with Gasteiger partial charge in [-0.05, 0) is 31.9 Å². The lowest BCUT2D eigenvalue weighted by Gasteiger charge is -2.33. The minimum atomic E-state index is -0.603.